The molecule has 0 radical (unpaired) electrons. The number of benzene rings is 3. The maximum absolute atomic E-state index is 13.3. The summed E-state index contributed by atoms with van der Waals surface area (Å²) in [5.41, 5.74) is 1.51. The molecule has 1 N–H and O–H groups in total. The van der Waals surface area contributed by atoms with Crippen molar-refractivity contribution in [2.24, 2.45) is 0 Å². The Balaban J connectivity index is 1.93. The van der Waals surface area contributed by atoms with Crippen LogP contribution in [0.25, 0.3) is 0 Å². The minimum atomic E-state index is -4.06. The van der Waals surface area contributed by atoms with Gasteiger partial charge in [0.05, 0.1) is 10.6 Å². The molecule has 8 heteroatoms. The van der Waals surface area contributed by atoms with Crippen molar-refractivity contribution in [1.29, 1.82) is 0 Å². The van der Waals surface area contributed by atoms with Crippen LogP contribution in [0.15, 0.2) is 77.7 Å². The minimum absolute atomic E-state index is 0.0305. The fourth-order valence-electron chi connectivity index (χ4n) is 2.66. The van der Waals surface area contributed by atoms with Gasteiger partial charge in [-0.15, -0.1) is 0 Å². The molecule has 0 aliphatic heterocycles. The molecule has 150 valence electrons. The maximum Gasteiger partial charge on any atom is 0.264 e. The molecule has 0 saturated carbocycles. The highest BCUT2D eigenvalue weighted by Gasteiger charge is 2.27. The van der Waals surface area contributed by atoms with Crippen molar-refractivity contribution in [3.05, 3.63) is 89.2 Å². The van der Waals surface area contributed by atoms with Crippen molar-refractivity contribution >= 4 is 38.9 Å². The largest absolute Gasteiger partial charge is 0.324 e. The molecule has 0 fully saturated rings. The zero-order chi connectivity index (χ0) is 21.0. The Kier molecular flexibility index (Phi) is 6.20. The number of anilines is 2. The normalized spacial score (nSPS) is 11.1. The van der Waals surface area contributed by atoms with Crippen LogP contribution < -0.4 is 9.62 Å². The molecule has 0 spiro atoms. The van der Waals surface area contributed by atoms with E-state index in [0.29, 0.717) is 10.7 Å². The number of carbonyl (C=O) groups is 1. The lowest BCUT2D eigenvalue weighted by molar-refractivity contribution is -0.114. The van der Waals surface area contributed by atoms with Crippen molar-refractivity contribution in [2.45, 2.75) is 11.8 Å². The number of hydrogen-bond acceptors (Lipinski definition) is 3. The van der Waals surface area contributed by atoms with E-state index in [-0.39, 0.29) is 10.6 Å². The number of nitrogens with zero attached hydrogens (tertiary/aromatic N) is 1. The topological polar surface area (TPSA) is 66.5 Å². The summed E-state index contributed by atoms with van der Waals surface area (Å²) in [5, 5.41) is 3.06. The Morgan fingerprint density at radius 2 is 1.69 bits per heavy atom. The first-order valence-electron chi connectivity index (χ1n) is 8.66. The van der Waals surface area contributed by atoms with E-state index in [1.54, 1.807) is 36.4 Å². The van der Waals surface area contributed by atoms with Crippen LogP contribution in [0.5, 0.6) is 0 Å². The van der Waals surface area contributed by atoms with Gasteiger partial charge >= 0.3 is 0 Å². The van der Waals surface area contributed by atoms with Crippen LogP contribution in [-0.4, -0.2) is 20.9 Å². The van der Waals surface area contributed by atoms with Crippen molar-refractivity contribution in [1.82, 2.24) is 0 Å². The molecule has 0 aliphatic carbocycles. The SMILES string of the molecule is Cc1ccc(S(=O)(=O)N(CC(=O)Nc2cccc(Cl)c2)c2ccc(F)cc2)cc1. The average molecular weight is 433 g/mol. The molecule has 0 saturated heterocycles. The minimum Gasteiger partial charge on any atom is -0.324 e. The van der Waals surface area contributed by atoms with Crippen LogP contribution in [0.3, 0.4) is 0 Å². The number of aryl methyl sites for hydroxylation is 1. The monoisotopic (exact) mass is 432 g/mol. The van der Waals surface area contributed by atoms with Crippen LogP contribution >= 0.6 is 11.6 Å². The Morgan fingerprint density at radius 1 is 1.03 bits per heavy atom. The Hall–Kier alpha value is -2.90. The van der Waals surface area contributed by atoms with Gasteiger partial charge < -0.3 is 5.32 Å². The van der Waals surface area contributed by atoms with Gasteiger partial charge in [0.1, 0.15) is 12.4 Å². The smallest absolute Gasteiger partial charge is 0.264 e. The van der Waals surface area contributed by atoms with E-state index in [1.807, 2.05) is 6.92 Å². The number of nitrogens with one attached hydrogen (secondary N) is 1. The van der Waals surface area contributed by atoms with E-state index in [1.165, 1.54) is 24.3 Å². The molecule has 0 heterocycles. The van der Waals surface area contributed by atoms with Crippen molar-refractivity contribution < 1.29 is 17.6 Å². The summed E-state index contributed by atoms with van der Waals surface area (Å²) in [6, 6.07) is 17.7. The van der Waals surface area contributed by atoms with Gasteiger partial charge in [0.2, 0.25) is 5.91 Å². The molecule has 3 aromatic carbocycles. The third kappa shape index (κ3) is 5.13. The van der Waals surface area contributed by atoms with E-state index >= 15 is 0 Å². The Morgan fingerprint density at radius 3 is 2.31 bits per heavy atom. The quantitative estimate of drug-likeness (QED) is 0.618. The molecule has 0 bridgehead atoms. The van der Waals surface area contributed by atoms with Gasteiger partial charge in [0.25, 0.3) is 10.0 Å². The average Bonchev–Trinajstić information content (AvgIpc) is 2.67. The number of halogens is 2. The molecule has 3 aromatic rings. The lowest BCUT2D eigenvalue weighted by Gasteiger charge is -2.24. The van der Waals surface area contributed by atoms with E-state index < -0.39 is 28.3 Å². The van der Waals surface area contributed by atoms with E-state index in [9.17, 15) is 17.6 Å². The molecule has 0 unspecified atom stereocenters. The number of hydrogen-bond donors (Lipinski definition) is 1. The fourth-order valence-corrected chi connectivity index (χ4v) is 4.27. The molecule has 3 rings (SSSR count). The van der Waals surface area contributed by atoms with Gasteiger partial charge in [-0.05, 0) is 61.5 Å². The first kappa shape index (κ1) is 20.8. The van der Waals surface area contributed by atoms with E-state index in [0.717, 1.165) is 22.0 Å². The summed E-state index contributed by atoms with van der Waals surface area (Å²) >= 11 is 5.92. The van der Waals surface area contributed by atoms with Gasteiger partial charge in [-0.2, -0.15) is 0 Å². The number of rotatable bonds is 6. The summed E-state index contributed by atoms with van der Waals surface area (Å²) in [7, 11) is -4.06. The van der Waals surface area contributed by atoms with Crippen LogP contribution in [0.1, 0.15) is 5.56 Å². The van der Waals surface area contributed by atoms with E-state index in [2.05, 4.69) is 5.32 Å². The second-order valence-corrected chi connectivity index (χ2v) is 8.66. The predicted molar refractivity (Wildman–Crippen MR) is 112 cm³/mol. The lowest BCUT2D eigenvalue weighted by atomic mass is 10.2. The first-order chi connectivity index (χ1) is 13.8. The third-order valence-corrected chi connectivity index (χ3v) is 6.14. The molecular weight excluding hydrogens is 415 g/mol. The standard InChI is InChI=1S/C21H18ClFN2O3S/c1-15-5-11-20(12-6-15)29(27,28)25(19-9-7-17(23)8-10-19)14-21(26)24-18-4-2-3-16(22)13-18/h2-13H,14H2,1H3,(H,24,26). The summed E-state index contributed by atoms with van der Waals surface area (Å²) < 4.78 is 40.7. The zero-order valence-corrected chi connectivity index (χ0v) is 17.0. The molecule has 0 atom stereocenters. The molecular formula is C21H18ClFN2O3S. The first-order valence-corrected chi connectivity index (χ1v) is 10.5. The number of sulfonamides is 1. The summed E-state index contributed by atoms with van der Waals surface area (Å²) in [5.74, 6) is -1.07. The molecule has 0 aliphatic rings. The van der Waals surface area contributed by atoms with E-state index in [4.69, 9.17) is 11.6 Å². The summed E-state index contributed by atoms with van der Waals surface area (Å²) in [6.45, 7) is 1.35. The zero-order valence-electron chi connectivity index (χ0n) is 15.5. The summed E-state index contributed by atoms with van der Waals surface area (Å²) in [6.07, 6.45) is 0. The van der Waals surface area contributed by atoms with Crippen molar-refractivity contribution in [3.8, 4) is 0 Å². The maximum atomic E-state index is 13.3. The third-order valence-electron chi connectivity index (χ3n) is 4.12. The van der Waals surface area contributed by atoms with Crippen molar-refractivity contribution in [2.75, 3.05) is 16.2 Å². The van der Waals surface area contributed by atoms with Crippen LogP contribution in [0.4, 0.5) is 15.8 Å². The molecule has 0 aromatic heterocycles. The molecule has 29 heavy (non-hydrogen) atoms. The van der Waals surface area contributed by atoms with Gasteiger partial charge in [0.15, 0.2) is 0 Å². The molecule has 5 nitrogen and oxygen atoms in total. The number of carbonyl (C=O) groups excluding carboxylic acids is 1. The highest BCUT2D eigenvalue weighted by molar-refractivity contribution is 7.92. The lowest BCUT2D eigenvalue weighted by Crippen LogP contribution is -2.38. The van der Waals surface area contributed by atoms with Gasteiger partial charge in [0, 0.05) is 10.7 Å². The van der Waals surface area contributed by atoms with Gasteiger partial charge in [-0.3, -0.25) is 9.10 Å². The highest BCUT2D eigenvalue weighted by Crippen LogP contribution is 2.24. The van der Waals surface area contributed by atoms with Crippen LogP contribution in [0, 0.1) is 12.7 Å². The van der Waals surface area contributed by atoms with Gasteiger partial charge in [-0.25, -0.2) is 12.8 Å². The second kappa shape index (κ2) is 8.63. The highest BCUT2D eigenvalue weighted by atomic mass is 35.5. The Bertz CT molecular complexity index is 1120. The van der Waals surface area contributed by atoms with Crippen LogP contribution in [0.2, 0.25) is 5.02 Å². The second-order valence-electron chi connectivity index (χ2n) is 6.36. The van der Waals surface area contributed by atoms with Gasteiger partial charge in [-0.1, -0.05) is 35.4 Å². The fraction of sp³-hybridized carbons (Fsp3) is 0.0952. The predicted octanol–water partition coefficient (Wildman–Crippen LogP) is 4.62. The van der Waals surface area contributed by atoms with Crippen molar-refractivity contribution in [3.63, 3.8) is 0 Å². The summed E-state index contributed by atoms with van der Waals surface area (Å²) in [4.78, 5) is 12.6. The number of amides is 1. The van der Waals surface area contributed by atoms with Crippen LogP contribution in [-0.2, 0) is 14.8 Å². The molecule has 1 amide bonds. The Labute approximate surface area is 173 Å².